The highest BCUT2D eigenvalue weighted by Gasteiger charge is 2.17. The molecule has 12 heteroatoms. The van der Waals surface area contributed by atoms with Gasteiger partial charge in [-0.1, -0.05) is 23.9 Å². The van der Waals surface area contributed by atoms with Gasteiger partial charge in [0.05, 0.1) is 22.8 Å². The van der Waals surface area contributed by atoms with Crippen LogP contribution in [0.2, 0.25) is 0 Å². The topological polar surface area (TPSA) is 137 Å². The van der Waals surface area contributed by atoms with Crippen molar-refractivity contribution in [3.05, 3.63) is 94.8 Å². The van der Waals surface area contributed by atoms with Gasteiger partial charge in [0.2, 0.25) is 0 Å². The average Bonchev–Trinajstić information content (AvgIpc) is 3.37. The summed E-state index contributed by atoms with van der Waals surface area (Å²) in [5, 5.41) is 24.1. The fraction of sp³-hybridized carbons (Fsp3) is 0.115. The van der Waals surface area contributed by atoms with Gasteiger partial charge >= 0.3 is 0 Å². The van der Waals surface area contributed by atoms with Crippen LogP contribution in [0.4, 0.5) is 5.69 Å². The maximum atomic E-state index is 12.4. The molecule has 1 N–H and O–H groups in total. The van der Waals surface area contributed by atoms with Gasteiger partial charge in [-0.05, 0) is 61.5 Å². The minimum absolute atomic E-state index is 0.0140. The Balaban J connectivity index is 1.43. The number of ether oxygens (including phenoxy) is 1. The van der Waals surface area contributed by atoms with Crippen molar-refractivity contribution in [1.82, 2.24) is 25.2 Å². The molecule has 0 fully saturated rings. The van der Waals surface area contributed by atoms with E-state index in [0.29, 0.717) is 23.2 Å². The first-order chi connectivity index (χ1) is 18.6. The smallest absolute Gasteiger partial charge is 0.276 e. The molecule has 0 bridgehead atoms. The lowest BCUT2D eigenvalue weighted by Crippen LogP contribution is -2.19. The molecule has 0 radical (unpaired) electrons. The second-order valence-electron chi connectivity index (χ2n) is 7.59. The number of para-hydroxylation sites is 1. The van der Waals surface area contributed by atoms with E-state index in [2.05, 4.69) is 25.7 Å². The highest BCUT2D eigenvalue weighted by molar-refractivity contribution is 7.99. The minimum Gasteiger partial charge on any atom is -0.494 e. The van der Waals surface area contributed by atoms with Crippen LogP contribution in [-0.4, -0.2) is 49.2 Å². The molecule has 0 aliphatic rings. The normalized spacial score (nSPS) is 11.2. The van der Waals surface area contributed by atoms with Crippen molar-refractivity contribution in [2.75, 3.05) is 12.4 Å². The molecule has 0 aliphatic heterocycles. The molecule has 0 saturated carbocycles. The highest BCUT2D eigenvalue weighted by Crippen LogP contribution is 2.28. The Morgan fingerprint density at radius 1 is 1.16 bits per heavy atom. The molecular formula is C26H23N7O4S. The van der Waals surface area contributed by atoms with E-state index in [1.54, 1.807) is 36.7 Å². The lowest BCUT2D eigenvalue weighted by molar-refractivity contribution is -0.385. The summed E-state index contributed by atoms with van der Waals surface area (Å²) >= 11 is 1.20. The van der Waals surface area contributed by atoms with E-state index >= 15 is 0 Å². The Morgan fingerprint density at radius 2 is 1.97 bits per heavy atom. The molecule has 0 aliphatic carbocycles. The van der Waals surface area contributed by atoms with Gasteiger partial charge in [-0.25, -0.2) is 5.43 Å². The molecule has 4 rings (SSSR count). The molecule has 0 spiro atoms. The van der Waals surface area contributed by atoms with E-state index in [1.807, 2.05) is 47.9 Å². The number of rotatable bonds is 11. The van der Waals surface area contributed by atoms with Crippen molar-refractivity contribution in [3.8, 4) is 22.8 Å². The summed E-state index contributed by atoms with van der Waals surface area (Å²) in [5.74, 6) is 1.01. The van der Waals surface area contributed by atoms with Crippen LogP contribution in [0.15, 0.2) is 89.4 Å². The van der Waals surface area contributed by atoms with Crippen molar-refractivity contribution >= 4 is 35.6 Å². The quantitative estimate of drug-likeness (QED) is 0.129. The first-order valence-electron chi connectivity index (χ1n) is 11.5. The predicted molar refractivity (Wildman–Crippen MR) is 145 cm³/mol. The van der Waals surface area contributed by atoms with E-state index in [0.717, 1.165) is 17.0 Å². The third kappa shape index (κ3) is 6.68. The molecule has 0 atom stereocenters. The van der Waals surface area contributed by atoms with Crippen LogP contribution in [0.25, 0.3) is 23.2 Å². The Hall–Kier alpha value is -4.84. The molecule has 0 saturated heterocycles. The summed E-state index contributed by atoms with van der Waals surface area (Å²) in [5.41, 5.74) is 4.44. The van der Waals surface area contributed by atoms with E-state index in [4.69, 9.17) is 4.74 Å². The fourth-order valence-electron chi connectivity index (χ4n) is 3.39. The number of thioether (sulfide) groups is 1. The summed E-state index contributed by atoms with van der Waals surface area (Å²) < 4.78 is 7.39. The van der Waals surface area contributed by atoms with Crippen LogP contribution < -0.4 is 10.2 Å². The predicted octanol–water partition coefficient (Wildman–Crippen LogP) is 4.54. The molecule has 38 heavy (non-hydrogen) atoms. The van der Waals surface area contributed by atoms with Crippen LogP contribution in [0, 0.1) is 10.1 Å². The number of benzene rings is 2. The monoisotopic (exact) mass is 529 g/mol. The summed E-state index contributed by atoms with van der Waals surface area (Å²) in [6.07, 6.45) is 7.78. The van der Waals surface area contributed by atoms with E-state index in [9.17, 15) is 14.9 Å². The number of nitro benzene ring substituents is 1. The Labute approximate surface area is 222 Å². The average molecular weight is 530 g/mol. The number of nitrogens with zero attached hydrogens (tertiary/aromatic N) is 6. The number of carbonyl (C=O) groups excluding carboxylic acids is 1. The number of hydrogen-bond acceptors (Lipinski definition) is 9. The number of nitro groups is 1. The zero-order chi connectivity index (χ0) is 26.7. The lowest BCUT2D eigenvalue weighted by atomic mass is 10.2. The summed E-state index contributed by atoms with van der Waals surface area (Å²) in [6.45, 7) is 2.48. The third-order valence-corrected chi connectivity index (χ3v) is 5.98. The number of carbonyl (C=O) groups is 1. The third-order valence-electron chi connectivity index (χ3n) is 5.05. The van der Waals surface area contributed by atoms with Crippen LogP contribution in [-0.2, 0) is 4.79 Å². The van der Waals surface area contributed by atoms with Crippen LogP contribution in [0.1, 0.15) is 12.5 Å². The Morgan fingerprint density at radius 3 is 2.71 bits per heavy atom. The molecule has 2 aromatic carbocycles. The van der Waals surface area contributed by atoms with Gasteiger partial charge < -0.3 is 4.74 Å². The summed E-state index contributed by atoms with van der Waals surface area (Å²) in [6, 6.07) is 17.5. The highest BCUT2D eigenvalue weighted by atomic mass is 32.2. The van der Waals surface area contributed by atoms with Crippen molar-refractivity contribution in [2.45, 2.75) is 12.1 Å². The molecule has 1 amide bonds. The number of nitrogens with one attached hydrogen (secondary N) is 1. The second kappa shape index (κ2) is 12.9. The van der Waals surface area contributed by atoms with Crippen LogP contribution in [0.5, 0.6) is 5.75 Å². The number of hydrazone groups is 1. The molecule has 2 aromatic heterocycles. The van der Waals surface area contributed by atoms with Gasteiger partial charge in [0.1, 0.15) is 5.75 Å². The number of aromatic nitrogens is 4. The minimum atomic E-state index is -0.457. The van der Waals surface area contributed by atoms with E-state index < -0.39 is 4.92 Å². The van der Waals surface area contributed by atoms with Crippen molar-refractivity contribution in [2.24, 2.45) is 5.10 Å². The number of allylic oxidation sites excluding steroid dienone is 1. The lowest BCUT2D eigenvalue weighted by Gasteiger charge is -2.11. The first-order valence-corrected chi connectivity index (χ1v) is 12.5. The molecule has 4 aromatic rings. The zero-order valence-electron chi connectivity index (χ0n) is 20.3. The maximum Gasteiger partial charge on any atom is 0.276 e. The number of pyridine rings is 1. The fourth-order valence-corrected chi connectivity index (χ4v) is 4.14. The summed E-state index contributed by atoms with van der Waals surface area (Å²) in [7, 11) is 0. The van der Waals surface area contributed by atoms with Gasteiger partial charge in [-0.3, -0.25) is 24.5 Å². The largest absolute Gasteiger partial charge is 0.494 e. The molecule has 192 valence electrons. The second-order valence-corrected chi connectivity index (χ2v) is 8.53. The Kier molecular flexibility index (Phi) is 8.92. The van der Waals surface area contributed by atoms with Crippen molar-refractivity contribution < 1.29 is 14.5 Å². The van der Waals surface area contributed by atoms with E-state index in [-0.39, 0.29) is 17.3 Å². The van der Waals surface area contributed by atoms with Gasteiger partial charge in [0.25, 0.3) is 11.6 Å². The zero-order valence-corrected chi connectivity index (χ0v) is 21.1. The molecule has 2 heterocycles. The van der Waals surface area contributed by atoms with E-state index in [1.165, 1.54) is 30.1 Å². The SMILES string of the molecule is CCOc1ccc(-n2c(SCC(=O)N/N=C/C=C/c3ccccc3[N+](=O)[O-])nnc2-c2cccnc2)cc1. The van der Waals surface area contributed by atoms with Crippen molar-refractivity contribution in [3.63, 3.8) is 0 Å². The molecule has 11 nitrogen and oxygen atoms in total. The van der Waals surface area contributed by atoms with Gasteiger partial charge in [0, 0.05) is 35.9 Å². The first kappa shape index (κ1) is 26.2. The molecular weight excluding hydrogens is 506 g/mol. The Bertz CT molecular complexity index is 1450. The summed E-state index contributed by atoms with van der Waals surface area (Å²) in [4.78, 5) is 27.2. The van der Waals surface area contributed by atoms with Gasteiger partial charge in [0.15, 0.2) is 11.0 Å². The van der Waals surface area contributed by atoms with Gasteiger partial charge in [-0.2, -0.15) is 5.10 Å². The van der Waals surface area contributed by atoms with Crippen LogP contribution >= 0.6 is 11.8 Å². The maximum absolute atomic E-state index is 12.4. The molecule has 0 unspecified atom stereocenters. The van der Waals surface area contributed by atoms with Gasteiger partial charge in [-0.15, -0.1) is 10.2 Å². The number of amides is 1. The van der Waals surface area contributed by atoms with Crippen LogP contribution in [0.3, 0.4) is 0 Å². The number of hydrogen-bond donors (Lipinski definition) is 1. The van der Waals surface area contributed by atoms with Crippen molar-refractivity contribution in [1.29, 1.82) is 0 Å². The standard InChI is InChI=1S/C26H23N7O4S/c1-2-37-22-13-11-21(12-14-22)32-25(20-9-5-15-27-17-20)30-31-26(32)38-18-24(34)29-28-16-6-8-19-7-3-4-10-23(19)33(35)36/h3-17H,2,18H2,1H3,(H,29,34)/b8-6+,28-16+.